The Balaban J connectivity index is 1.80. The number of benzene rings is 1. The Hall–Kier alpha value is -2.88. The highest BCUT2D eigenvalue weighted by Crippen LogP contribution is 2.30. The van der Waals surface area contributed by atoms with Gasteiger partial charge in [0.25, 0.3) is 0 Å². The summed E-state index contributed by atoms with van der Waals surface area (Å²) in [4.78, 5) is 8.55. The third-order valence-corrected chi connectivity index (χ3v) is 4.25. The molecule has 2 aromatic heterocycles. The van der Waals surface area contributed by atoms with Crippen molar-refractivity contribution in [3.8, 4) is 5.75 Å². The number of aromatic nitrogens is 4. The predicted octanol–water partition coefficient (Wildman–Crippen LogP) is 2.22. The van der Waals surface area contributed by atoms with Crippen LogP contribution in [0.2, 0.25) is 5.02 Å². The first-order valence-electron chi connectivity index (χ1n) is 8.57. The molecule has 0 radical (unpaired) electrons. The zero-order valence-corrected chi connectivity index (χ0v) is 16.0. The Morgan fingerprint density at radius 2 is 2.07 bits per heavy atom. The lowest BCUT2D eigenvalue weighted by Gasteiger charge is -2.20. The SMILES string of the molecule is COc1ccccc1[C@@H](CO)Nc1nc(Nc2cnn(CCO)c2)ncc1Cl. The molecule has 4 N–H and O–H groups in total. The number of nitrogens with one attached hydrogen (secondary N) is 2. The molecule has 10 heteroatoms. The second kappa shape index (κ2) is 9.36. The minimum Gasteiger partial charge on any atom is -0.496 e. The first kappa shape index (κ1) is 19.9. The van der Waals surface area contributed by atoms with E-state index in [-0.39, 0.29) is 13.2 Å². The second-order valence-electron chi connectivity index (χ2n) is 5.85. The number of aliphatic hydroxyl groups is 2. The highest BCUT2D eigenvalue weighted by Gasteiger charge is 2.17. The van der Waals surface area contributed by atoms with E-state index >= 15 is 0 Å². The average molecular weight is 405 g/mol. The maximum Gasteiger partial charge on any atom is 0.229 e. The van der Waals surface area contributed by atoms with E-state index in [4.69, 9.17) is 21.4 Å². The van der Waals surface area contributed by atoms with Crippen LogP contribution in [0.1, 0.15) is 11.6 Å². The molecule has 2 heterocycles. The number of nitrogens with zero attached hydrogens (tertiary/aromatic N) is 4. The number of hydrogen-bond acceptors (Lipinski definition) is 8. The van der Waals surface area contributed by atoms with E-state index in [0.29, 0.717) is 34.8 Å². The van der Waals surface area contributed by atoms with Crippen molar-refractivity contribution in [2.45, 2.75) is 12.6 Å². The molecule has 0 aliphatic rings. The minimum absolute atomic E-state index is 0.00186. The van der Waals surface area contributed by atoms with E-state index in [2.05, 4.69) is 25.7 Å². The molecule has 0 amide bonds. The van der Waals surface area contributed by atoms with E-state index in [1.54, 1.807) is 24.2 Å². The van der Waals surface area contributed by atoms with Crippen molar-refractivity contribution in [1.29, 1.82) is 0 Å². The van der Waals surface area contributed by atoms with Crippen molar-refractivity contribution < 1.29 is 14.9 Å². The van der Waals surface area contributed by atoms with Crippen molar-refractivity contribution in [1.82, 2.24) is 19.7 Å². The van der Waals surface area contributed by atoms with Crippen molar-refractivity contribution in [3.05, 3.63) is 53.4 Å². The monoisotopic (exact) mass is 404 g/mol. The number of anilines is 3. The van der Waals surface area contributed by atoms with Gasteiger partial charge in [-0.05, 0) is 6.07 Å². The summed E-state index contributed by atoms with van der Waals surface area (Å²) in [5, 5.41) is 29.4. The maximum absolute atomic E-state index is 9.86. The van der Waals surface area contributed by atoms with Gasteiger partial charge in [-0.1, -0.05) is 29.8 Å². The van der Waals surface area contributed by atoms with Crippen LogP contribution in [0.25, 0.3) is 0 Å². The van der Waals surface area contributed by atoms with E-state index in [9.17, 15) is 5.11 Å². The summed E-state index contributed by atoms with van der Waals surface area (Å²) >= 11 is 6.23. The predicted molar refractivity (Wildman–Crippen MR) is 106 cm³/mol. The molecule has 3 aromatic rings. The van der Waals surface area contributed by atoms with Crippen LogP contribution in [0.3, 0.4) is 0 Å². The molecule has 0 saturated heterocycles. The van der Waals surface area contributed by atoms with E-state index < -0.39 is 6.04 Å². The van der Waals surface area contributed by atoms with E-state index in [0.717, 1.165) is 5.56 Å². The number of para-hydroxylation sites is 1. The normalized spacial score (nSPS) is 11.9. The number of rotatable bonds is 9. The van der Waals surface area contributed by atoms with E-state index in [1.165, 1.54) is 6.20 Å². The van der Waals surface area contributed by atoms with E-state index in [1.807, 2.05) is 24.3 Å². The summed E-state index contributed by atoms with van der Waals surface area (Å²) in [6, 6.07) is 6.92. The molecule has 1 atom stereocenters. The van der Waals surface area contributed by atoms with Crippen LogP contribution in [0, 0.1) is 0 Å². The zero-order valence-electron chi connectivity index (χ0n) is 15.2. The van der Waals surface area contributed by atoms with Crippen LogP contribution in [-0.4, -0.2) is 50.3 Å². The van der Waals surface area contributed by atoms with Gasteiger partial charge in [-0.2, -0.15) is 10.1 Å². The van der Waals surface area contributed by atoms with Crippen molar-refractivity contribution in [2.24, 2.45) is 0 Å². The van der Waals surface area contributed by atoms with Gasteiger partial charge in [0.05, 0.1) is 51.0 Å². The van der Waals surface area contributed by atoms with Gasteiger partial charge >= 0.3 is 0 Å². The molecule has 0 bridgehead atoms. The van der Waals surface area contributed by atoms with Crippen LogP contribution in [0.5, 0.6) is 5.75 Å². The highest BCUT2D eigenvalue weighted by atomic mass is 35.5. The van der Waals surface area contributed by atoms with Gasteiger partial charge in [0.15, 0.2) is 5.82 Å². The summed E-state index contributed by atoms with van der Waals surface area (Å²) in [5.74, 6) is 1.33. The minimum atomic E-state index is -0.469. The second-order valence-corrected chi connectivity index (χ2v) is 6.26. The Labute approximate surface area is 167 Å². The fourth-order valence-corrected chi connectivity index (χ4v) is 2.80. The van der Waals surface area contributed by atoms with Gasteiger partial charge in [-0.15, -0.1) is 0 Å². The molecule has 0 unspecified atom stereocenters. The van der Waals surface area contributed by atoms with Gasteiger partial charge in [-0.25, -0.2) is 4.98 Å². The van der Waals surface area contributed by atoms with Crippen LogP contribution in [0.4, 0.5) is 17.5 Å². The maximum atomic E-state index is 9.86. The summed E-state index contributed by atoms with van der Waals surface area (Å²) in [6.07, 6.45) is 4.80. The van der Waals surface area contributed by atoms with Crippen LogP contribution >= 0.6 is 11.6 Å². The molecule has 0 aliphatic carbocycles. The molecular weight excluding hydrogens is 384 g/mol. The first-order chi connectivity index (χ1) is 13.6. The molecular formula is C18H21ClN6O3. The molecule has 0 fully saturated rings. The van der Waals surface area contributed by atoms with Crippen LogP contribution < -0.4 is 15.4 Å². The smallest absolute Gasteiger partial charge is 0.229 e. The molecule has 28 heavy (non-hydrogen) atoms. The average Bonchev–Trinajstić information content (AvgIpc) is 3.15. The molecule has 0 spiro atoms. The fourth-order valence-electron chi connectivity index (χ4n) is 2.65. The number of aliphatic hydroxyl groups excluding tert-OH is 2. The van der Waals surface area contributed by atoms with Crippen molar-refractivity contribution >= 4 is 29.1 Å². The topological polar surface area (TPSA) is 117 Å². The fraction of sp³-hybridized carbons (Fsp3) is 0.278. The highest BCUT2D eigenvalue weighted by molar-refractivity contribution is 6.32. The van der Waals surface area contributed by atoms with Crippen LogP contribution in [-0.2, 0) is 6.54 Å². The number of hydrogen-bond donors (Lipinski definition) is 4. The van der Waals surface area contributed by atoms with Gasteiger partial charge in [0.2, 0.25) is 5.95 Å². The van der Waals surface area contributed by atoms with Gasteiger partial charge in [-0.3, -0.25) is 4.68 Å². The first-order valence-corrected chi connectivity index (χ1v) is 8.95. The van der Waals surface area contributed by atoms with Gasteiger partial charge in [0.1, 0.15) is 10.8 Å². The standard InChI is InChI=1S/C18H21ClN6O3/c1-28-16-5-3-2-4-13(16)15(11-27)23-17-14(19)9-20-18(24-17)22-12-8-21-25(10-12)6-7-26/h2-5,8-10,15,26-27H,6-7,11H2,1H3,(H2,20,22,23,24)/t15-/m1/s1. The Kier molecular flexibility index (Phi) is 6.64. The summed E-state index contributed by atoms with van der Waals surface area (Å²) in [6.45, 7) is 0.211. The molecule has 0 aliphatic heterocycles. The Bertz CT molecular complexity index is 920. The lowest BCUT2D eigenvalue weighted by molar-refractivity contribution is 0.269. The molecule has 1 aromatic carbocycles. The Morgan fingerprint density at radius 3 is 2.82 bits per heavy atom. The van der Waals surface area contributed by atoms with Crippen LogP contribution in [0.15, 0.2) is 42.9 Å². The largest absolute Gasteiger partial charge is 0.496 e. The van der Waals surface area contributed by atoms with Gasteiger partial charge in [0, 0.05) is 11.8 Å². The van der Waals surface area contributed by atoms with Crippen molar-refractivity contribution in [3.63, 3.8) is 0 Å². The number of methoxy groups -OCH3 is 1. The quantitative estimate of drug-likeness (QED) is 0.429. The zero-order chi connectivity index (χ0) is 19.9. The summed E-state index contributed by atoms with van der Waals surface area (Å²) in [7, 11) is 1.57. The molecule has 148 valence electrons. The number of ether oxygens (including phenoxy) is 1. The van der Waals surface area contributed by atoms with Gasteiger partial charge < -0.3 is 25.6 Å². The lowest BCUT2D eigenvalue weighted by Crippen LogP contribution is -2.17. The molecule has 0 saturated carbocycles. The molecule has 3 rings (SSSR count). The lowest BCUT2D eigenvalue weighted by atomic mass is 10.1. The number of halogens is 1. The summed E-state index contributed by atoms with van der Waals surface area (Å²) in [5.41, 5.74) is 1.45. The third-order valence-electron chi connectivity index (χ3n) is 3.97. The summed E-state index contributed by atoms with van der Waals surface area (Å²) < 4.78 is 6.96. The Morgan fingerprint density at radius 1 is 1.25 bits per heavy atom. The third kappa shape index (κ3) is 4.69. The van der Waals surface area contributed by atoms with Crippen molar-refractivity contribution in [2.75, 3.05) is 31.0 Å². The molecule has 9 nitrogen and oxygen atoms in total.